The molecule has 0 radical (unpaired) electrons. The summed E-state index contributed by atoms with van der Waals surface area (Å²) in [5.41, 5.74) is 0. The SMILES string of the molecule is O=S(=O)([O-])CCC1OCCCO1.[Li+]. The van der Waals surface area contributed by atoms with E-state index in [2.05, 4.69) is 0 Å². The van der Waals surface area contributed by atoms with Gasteiger partial charge in [0.2, 0.25) is 0 Å². The van der Waals surface area contributed by atoms with Crippen molar-refractivity contribution in [1.29, 1.82) is 0 Å². The van der Waals surface area contributed by atoms with E-state index in [0.29, 0.717) is 13.2 Å². The van der Waals surface area contributed by atoms with Crippen molar-refractivity contribution < 1.29 is 41.3 Å². The molecule has 1 fully saturated rings. The molecular weight excluding hydrogens is 191 g/mol. The Hall–Kier alpha value is 0.427. The van der Waals surface area contributed by atoms with Crippen LogP contribution < -0.4 is 18.9 Å². The maximum atomic E-state index is 10.2. The van der Waals surface area contributed by atoms with Gasteiger partial charge in [-0.15, -0.1) is 0 Å². The molecular formula is C6H11LiO5S. The van der Waals surface area contributed by atoms with E-state index in [1.54, 1.807) is 0 Å². The van der Waals surface area contributed by atoms with Crippen LogP contribution in [-0.2, 0) is 19.6 Å². The molecule has 0 amide bonds. The standard InChI is InChI=1S/C6H12O5S.Li/c7-12(8,9)5-2-6-10-3-1-4-11-6;/h6H,1-5H2,(H,7,8,9);/q;+1/p-1. The molecule has 0 aromatic heterocycles. The third-order valence-electron chi connectivity index (χ3n) is 1.50. The Balaban J connectivity index is 0.00000144. The molecule has 7 heteroatoms. The van der Waals surface area contributed by atoms with Gasteiger partial charge in [-0.25, -0.2) is 8.42 Å². The van der Waals surface area contributed by atoms with Crippen molar-refractivity contribution in [2.24, 2.45) is 0 Å². The summed E-state index contributed by atoms with van der Waals surface area (Å²) in [6.45, 7) is 1.15. The topological polar surface area (TPSA) is 75.7 Å². The van der Waals surface area contributed by atoms with Crippen molar-refractivity contribution in [2.75, 3.05) is 19.0 Å². The number of rotatable bonds is 3. The Morgan fingerprint density at radius 2 is 1.85 bits per heavy atom. The van der Waals surface area contributed by atoms with Crippen LogP contribution in [0.15, 0.2) is 0 Å². The van der Waals surface area contributed by atoms with Crippen LogP contribution >= 0.6 is 0 Å². The Bertz CT molecular complexity index is 221. The van der Waals surface area contributed by atoms with E-state index >= 15 is 0 Å². The second kappa shape index (κ2) is 6.01. The van der Waals surface area contributed by atoms with E-state index in [1.807, 2.05) is 0 Å². The predicted octanol–water partition coefficient (Wildman–Crippen LogP) is -3.31. The summed E-state index contributed by atoms with van der Waals surface area (Å²) >= 11 is 0. The van der Waals surface area contributed by atoms with Gasteiger partial charge in [0.1, 0.15) is 0 Å². The van der Waals surface area contributed by atoms with Gasteiger partial charge in [-0.05, 0) is 6.42 Å². The van der Waals surface area contributed by atoms with E-state index < -0.39 is 22.2 Å². The van der Waals surface area contributed by atoms with Gasteiger partial charge in [-0.3, -0.25) is 0 Å². The van der Waals surface area contributed by atoms with Gasteiger partial charge in [0.05, 0.1) is 23.3 Å². The fraction of sp³-hybridized carbons (Fsp3) is 1.00. The third kappa shape index (κ3) is 6.49. The average molecular weight is 202 g/mol. The van der Waals surface area contributed by atoms with Crippen LogP contribution in [0.4, 0.5) is 0 Å². The zero-order valence-electron chi connectivity index (χ0n) is 7.56. The minimum absolute atomic E-state index is 0. The van der Waals surface area contributed by atoms with Crippen molar-refractivity contribution in [2.45, 2.75) is 19.1 Å². The van der Waals surface area contributed by atoms with E-state index in [1.165, 1.54) is 0 Å². The first kappa shape index (κ1) is 13.4. The molecule has 0 aliphatic carbocycles. The van der Waals surface area contributed by atoms with Crippen LogP contribution in [0, 0.1) is 0 Å². The van der Waals surface area contributed by atoms with Gasteiger partial charge >= 0.3 is 18.9 Å². The minimum Gasteiger partial charge on any atom is -0.748 e. The van der Waals surface area contributed by atoms with E-state index in [4.69, 9.17) is 9.47 Å². The molecule has 72 valence electrons. The molecule has 1 rings (SSSR count). The fourth-order valence-electron chi connectivity index (χ4n) is 0.944. The van der Waals surface area contributed by atoms with Crippen LogP contribution in [0.2, 0.25) is 0 Å². The second-order valence-corrected chi connectivity index (χ2v) is 4.10. The smallest absolute Gasteiger partial charge is 0.748 e. The van der Waals surface area contributed by atoms with Crippen LogP contribution in [0.1, 0.15) is 12.8 Å². The largest absolute Gasteiger partial charge is 1.00 e. The molecule has 0 saturated carbocycles. The second-order valence-electron chi connectivity index (χ2n) is 2.58. The van der Waals surface area contributed by atoms with Crippen molar-refractivity contribution in [3.63, 3.8) is 0 Å². The zero-order valence-corrected chi connectivity index (χ0v) is 8.38. The average Bonchev–Trinajstić information content (AvgIpc) is 2.02. The summed E-state index contributed by atoms with van der Waals surface area (Å²) in [6, 6.07) is 0. The van der Waals surface area contributed by atoms with Crippen molar-refractivity contribution in [1.82, 2.24) is 0 Å². The first-order valence-electron chi connectivity index (χ1n) is 3.75. The van der Waals surface area contributed by atoms with E-state index in [9.17, 15) is 13.0 Å². The van der Waals surface area contributed by atoms with Crippen molar-refractivity contribution >= 4 is 10.1 Å². The van der Waals surface area contributed by atoms with Gasteiger partial charge < -0.3 is 14.0 Å². The number of ether oxygens (including phenoxy) is 2. The van der Waals surface area contributed by atoms with Crippen LogP contribution in [0.25, 0.3) is 0 Å². The van der Waals surface area contributed by atoms with Crippen LogP contribution in [-0.4, -0.2) is 38.2 Å². The van der Waals surface area contributed by atoms with Gasteiger partial charge in [0, 0.05) is 12.2 Å². The molecule has 0 N–H and O–H groups in total. The third-order valence-corrected chi connectivity index (χ3v) is 2.24. The van der Waals surface area contributed by atoms with Gasteiger partial charge in [-0.2, -0.15) is 0 Å². The molecule has 1 aliphatic rings. The predicted molar refractivity (Wildman–Crippen MR) is 39.5 cm³/mol. The van der Waals surface area contributed by atoms with Gasteiger partial charge in [0.15, 0.2) is 6.29 Å². The van der Waals surface area contributed by atoms with Gasteiger partial charge in [0.25, 0.3) is 0 Å². The first-order valence-corrected chi connectivity index (χ1v) is 5.32. The minimum atomic E-state index is -4.13. The molecule has 1 aliphatic heterocycles. The molecule has 13 heavy (non-hydrogen) atoms. The van der Waals surface area contributed by atoms with E-state index in [-0.39, 0.29) is 25.3 Å². The van der Waals surface area contributed by atoms with Crippen molar-refractivity contribution in [3.8, 4) is 0 Å². The Morgan fingerprint density at radius 1 is 1.31 bits per heavy atom. The molecule has 0 aromatic rings. The number of hydrogen-bond acceptors (Lipinski definition) is 5. The zero-order chi connectivity index (χ0) is 9.03. The molecule has 0 atom stereocenters. The molecule has 5 nitrogen and oxygen atoms in total. The monoisotopic (exact) mass is 202 g/mol. The fourth-order valence-corrected chi connectivity index (χ4v) is 1.42. The summed E-state index contributed by atoms with van der Waals surface area (Å²) in [5, 5.41) is 0. The quantitative estimate of drug-likeness (QED) is 0.354. The molecule has 0 bridgehead atoms. The van der Waals surface area contributed by atoms with Gasteiger partial charge in [-0.1, -0.05) is 0 Å². The molecule has 1 heterocycles. The van der Waals surface area contributed by atoms with Crippen molar-refractivity contribution in [3.05, 3.63) is 0 Å². The normalized spacial score (nSPS) is 19.5. The summed E-state index contributed by atoms with van der Waals surface area (Å²) in [6.07, 6.45) is 0.439. The summed E-state index contributed by atoms with van der Waals surface area (Å²) < 4.78 is 40.7. The summed E-state index contributed by atoms with van der Waals surface area (Å²) in [7, 11) is -4.13. The maximum absolute atomic E-state index is 10.2. The number of hydrogen-bond donors (Lipinski definition) is 0. The Morgan fingerprint density at radius 3 is 2.31 bits per heavy atom. The molecule has 0 unspecified atom stereocenters. The molecule has 1 saturated heterocycles. The Kier molecular flexibility index (Phi) is 6.21. The molecule has 0 spiro atoms. The van der Waals surface area contributed by atoms with E-state index in [0.717, 1.165) is 6.42 Å². The maximum Gasteiger partial charge on any atom is 1.00 e. The van der Waals surface area contributed by atoms with Crippen LogP contribution in [0.5, 0.6) is 0 Å². The summed E-state index contributed by atoms with van der Waals surface area (Å²) in [5.74, 6) is -0.419. The first-order chi connectivity index (χ1) is 5.58. The Labute approximate surface area is 89.7 Å². The molecule has 0 aromatic carbocycles. The van der Waals surface area contributed by atoms with Crippen LogP contribution in [0.3, 0.4) is 0 Å². The summed E-state index contributed by atoms with van der Waals surface area (Å²) in [4.78, 5) is 0.